The van der Waals surface area contributed by atoms with Crippen LogP contribution >= 0.6 is 0 Å². The summed E-state index contributed by atoms with van der Waals surface area (Å²) in [6, 6.07) is 6.98. The van der Waals surface area contributed by atoms with Crippen molar-refractivity contribution in [2.24, 2.45) is 0 Å². The second-order valence-electron chi connectivity index (χ2n) is 3.24. The molecule has 0 bridgehead atoms. The van der Waals surface area contributed by atoms with Gasteiger partial charge in [-0.05, 0) is 24.3 Å². The van der Waals surface area contributed by atoms with Gasteiger partial charge in [0.2, 0.25) is 0 Å². The summed E-state index contributed by atoms with van der Waals surface area (Å²) in [5.74, 6) is 0.105. The Labute approximate surface area is 92.5 Å². The number of nitrogen functional groups attached to an aromatic ring is 1. The minimum absolute atomic E-state index is 0.350. The van der Waals surface area contributed by atoms with Crippen LogP contribution in [0, 0.1) is 0 Å². The fraction of sp³-hybridized carbons (Fsp3) is 0.0909. The van der Waals surface area contributed by atoms with Crippen LogP contribution in [0.4, 0.5) is 5.82 Å². The first-order valence-electron chi connectivity index (χ1n) is 4.69. The first kappa shape index (κ1) is 10.2. The molecule has 0 spiro atoms. The van der Waals surface area contributed by atoms with Crippen LogP contribution in [-0.4, -0.2) is 22.6 Å². The maximum atomic E-state index is 11.2. The molecule has 0 amide bonds. The van der Waals surface area contributed by atoms with Crippen LogP contribution in [-0.2, 0) is 4.74 Å². The summed E-state index contributed by atoms with van der Waals surface area (Å²) in [5, 5.41) is 0. The molecule has 0 saturated heterocycles. The average molecular weight is 217 g/mol. The summed E-state index contributed by atoms with van der Waals surface area (Å²) >= 11 is 0. The van der Waals surface area contributed by atoms with Crippen LogP contribution < -0.4 is 5.73 Å². The highest BCUT2D eigenvalue weighted by atomic mass is 16.5. The number of imidazole rings is 1. The van der Waals surface area contributed by atoms with Crippen LogP contribution in [0.15, 0.2) is 36.8 Å². The molecule has 0 aliphatic heterocycles. The van der Waals surface area contributed by atoms with Gasteiger partial charge in [-0.25, -0.2) is 9.78 Å². The summed E-state index contributed by atoms with van der Waals surface area (Å²) in [6.45, 7) is 0. The van der Waals surface area contributed by atoms with Crippen molar-refractivity contribution >= 4 is 11.8 Å². The molecule has 5 nitrogen and oxygen atoms in total. The third-order valence-corrected chi connectivity index (χ3v) is 2.19. The SMILES string of the molecule is COC(=O)c1ccc(-n2cnc(N)c2)cc1. The maximum absolute atomic E-state index is 11.2. The topological polar surface area (TPSA) is 70.1 Å². The van der Waals surface area contributed by atoms with Gasteiger partial charge in [-0.1, -0.05) is 0 Å². The third kappa shape index (κ3) is 1.88. The van der Waals surface area contributed by atoms with E-state index in [1.165, 1.54) is 7.11 Å². The largest absolute Gasteiger partial charge is 0.465 e. The van der Waals surface area contributed by atoms with Crippen LogP contribution in [0.2, 0.25) is 0 Å². The van der Waals surface area contributed by atoms with Gasteiger partial charge in [0.25, 0.3) is 0 Å². The minimum atomic E-state index is -0.350. The van der Waals surface area contributed by atoms with Gasteiger partial charge in [0.1, 0.15) is 12.1 Å². The molecule has 0 fully saturated rings. The van der Waals surface area contributed by atoms with E-state index in [-0.39, 0.29) is 5.97 Å². The summed E-state index contributed by atoms with van der Waals surface area (Å²) in [5.41, 5.74) is 6.91. The van der Waals surface area contributed by atoms with E-state index >= 15 is 0 Å². The van der Waals surface area contributed by atoms with Crippen LogP contribution in [0.5, 0.6) is 0 Å². The smallest absolute Gasteiger partial charge is 0.337 e. The van der Waals surface area contributed by atoms with Crippen LogP contribution in [0.25, 0.3) is 5.69 Å². The highest BCUT2D eigenvalue weighted by molar-refractivity contribution is 5.89. The van der Waals surface area contributed by atoms with Gasteiger partial charge in [-0.3, -0.25) is 0 Å². The Morgan fingerprint density at radius 3 is 2.56 bits per heavy atom. The van der Waals surface area contributed by atoms with E-state index < -0.39 is 0 Å². The number of carbonyl (C=O) groups excluding carboxylic acids is 1. The Hall–Kier alpha value is -2.30. The molecule has 0 aliphatic carbocycles. The number of rotatable bonds is 2. The zero-order chi connectivity index (χ0) is 11.5. The van der Waals surface area contributed by atoms with Gasteiger partial charge >= 0.3 is 5.97 Å². The van der Waals surface area contributed by atoms with Crippen LogP contribution in [0.1, 0.15) is 10.4 Å². The van der Waals surface area contributed by atoms with Crippen molar-refractivity contribution in [3.8, 4) is 5.69 Å². The van der Waals surface area contributed by atoms with Crippen molar-refractivity contribution in [2.75, 3.05) is 12.8 Å². The van der Waals surface area contributed by atoms with Gasteiger partial charge < -0.3 is 15.0 Å². The molecule has 0 saturated carbocycles. The number of nitrogens with zero attached hydrogens (tertiary/aromatic N) is 2. The highest BCUT2D eigenvalue weighted by Crippen LogP contribution is 2.11. The normalized spacial score (nSPS) is 10.1. The molecular formula is C11H11N3O2. The number of esters is 1. The lowest BCUT2D eigenvalue weighted by molar-refractivity contribution is 0.0601. The number of carbonyl (C=O) groups is 1. The fourth-order valence-corrected chi connectivity index (χ4v) is 1.37. The molecule has 0 radical (unpaired) electrons. The van der Waals surface area contributed by atoms with Gasteiger partial charge in [-0.2, -0.15) is 0 Å². The van der Waals surface area contributed by atoms with Gasteiger partial charge in [0.15, 0.2) is 0 Å². The number of hydrogen-bond acceptors (Lipinski definition) is 4. The second-order valence-corrected chi connectivity index (χ2v) is 3.24. The molecule has 5 heteroatoms. The Kier molecular flexibility index (Phi) is 2.59. The quantitative estimate of drug-likeness (QED) is 0.768. The number of hydrogen-bond donors (Lipinski definition) is 1. The van der Waals surface area contributed by atoms with Crippen molar-refractivity contribution in [1.29, 1.82) is 0 Å². The lowest BCUT2D eigenvalue weighted by Gasteiger charge is -2.03. The predicted octanol–water partition coefficient (Wildman–Crippen LogP) is 1.24. The Morgan fingerprint density at radius 1 is 1.38 bits per heavy atom. The van der Waals surface area contributed by atoms with E-state index in [2.05, 4.69) is 9.72 Å². The van der Waals surface area contributed by atoms with Gasteiger partial charge in [-0.15, -0.1) is 0 Å². The van der Waals surface area contributed by atoms with Gasteiger partial charge in [0, 0.05) is 5.69 Å². The van der Waals surface area contributed by atoms with E-state index in [1.807, 2.05) is 0 Å². The van der Waals surface area contributed by atoms with Crippen molar-refractivity contribution in [3.05, 3.63) is 42.4 Å². The molecule has 2 N–H and O–H groups in total. The van der Waals surface area contributed by atoms with Crippen molar-refractivity contribution < 1.29 is 9.53 Å². The Balaban J connectivity index is 2.29. The molecule has 0 unspecified atom stereocenters. The van der Waals surface area contributed by atoms with E-state index in [1.54, 1.807) is 41.4 Å². The summed E-state index contributed by atoms with van der Waals surface area (Å²) in [7, 11) is 1.35. The molecule has 2 aromatic rings. The molecular weight excluding hydrogens is 206 g/mol. The Morgan fingerprint density at radius 2 is 2.06 bits per heavy atom. The summed E-state index contributed by atoms with van der Waals surface area (Å²) in [4.78, 5) is 15.1. The predicted molar refractivity (Wildman–Crippen MR) is 59.3 cm³/mol. The molecule has 0 atom stereocenters. The minimum Gasteiger partial charge on any atom is -0.465 e. The lowest BCUT2D eigenvalue weighted by atomic mass is 10.2. The summed E-state index contributed by atoms with van der Waals surface area (Å²) in [6.07, 6.45) is 3.32. The number of methoxy groups -OCH3 is 1. The van der Waals surface area contributed by atoms with E-state index in [0.29, 0.717) is 11.4 Å². The van der Waals surface area contributed by atoms with Gasteiger partial charge in [0.05, 0.1) is 18.9 Å². The third-order valence-electron chi connectivity index (χ3n) is 2.19. The van der Waals surface area contributed by atoms with E-state index in [4.69, 9.17) is 5.73 Å². The number of ether oxygens (including phenoxy) is 1. The van der Waals surface area contributed by atoms with Crippen molar-refractivity contribution in [2.45, 2.75) is 0 Å². The van der Waals surface area contributed by atoms with E-state index in [9.17, 15) is 4.79 Å². The molecule has 82 valence electrons. The van der Waals surface area contributed by atoms with Crippen molar-refractivity contribution in [1.82, 2.24) is 9.55 Å². The molecule has 2 rings (SSSR count). The number of aromatic nitrogens is 2. The second kappa shape index (κ2) is 4.06. The lowest BCUT2D eigenvalue weighted by Crippen LogP contribution is -2.01. The fourth-order valence-electron chi connectivity index (χ4n) is 1.37. The van der Waals surface area contributed by atoms with Crippen LogP contribution in [0.3, 0.4) is 0 Å². The molecule has 1 aromatic carbocycles. The average Bonchev–Trinajstić information content (AvgIpc) is 2.75. The molecule has 1 aromatic heterocycles. The molecule has 0 aliphatic rings. The zero-order valence-electron chi connectivity index (χ0n) is 8.75. The Bertz CT molecular complexity index is 502. The highest BCUT2D eigenvalue weighted by Gasteiger charge is 2.04. The van der Waals surface area contributed by atoms with E-state index in [0.717, 1.165) is 5.69 Å². The standard InChI is InChI=1S/C11H11N3O2/c1-16-11(15)8-2-4-9(5-3-8)14-6-10(12)13-7-14/h2-7H,12H2,1H3. The maximum Gasteiger partial charge on any atom is 0.337 e. The molecule has 1 heterocycles. The number of anilines is 1. The first-order chi connectivity index (χ1) is 7.70. The monoisotopic (exact) mass is 217 g/mol. The first-order valence-corrected chi connectivity index (χ1v) is 4.69. The summed E-state index contributed by atoms with van der Waals surface area (Å²) < 4.78 is 6.38. The molecule has 16 heavy (non-hydrogen) atoms. The zero-order valence-corrected chi connectivity index (χ0v) is 8.75. The number of benzene rings is 1. The van der Waals surface area contributed by atoms with Crippen molar-refractivity contribution in [3.63, 3.8) is 0 Å². The number of nitrogens with two attached hydrogens (primary N) is 1.